The van der Waals surface area contributed by atoms with Crippen molar-refractivity contribution in [1.29, 1.82) is 0 Å². The van der Waals surface area contributed by atoms with Crippen LogP contribution in [0.25, 0.3) is 6.08 Å². The average molecular weight is 508 g/mol. The van der Waals surface area contributed by atoms with E-state index in [0.717, 1.165) is 5.56 Å². The molecule has 0 spiro atoms. The molecule has 36 heavy (non-hydrogen) atoms. The summed E-state index contributed by atoms with van der Waals surface area (Å²) in [5.74, 6) is 1.70. The third kappa shape index (κ3) is 6.42. The number of amidine groups is 1. The lowest BCUT2D eigenvalue weighted by molar-refractivity contribution is -0.122. The van der Waals surface area contributed by atoms with Gasteiger partial charge in [-0.3, -0.25) is 9.69 Å². The first-order chi connectivity index (χ1) is 17.4. The Hall–Kier alpha value is -3.85. The molecule has 7 nitrogen and oxygen atoms in total. The first-order valence-corrected chi connectivity index (χ1v) is 12.2. The highest BCUT2D eigenvalue weighted by Crippen LogP contribution is 2.34. The molecule has 1 saturated heterocycles. The minimum absolute atomic E-state index is 0.212. The van der Waals surface area contributed by atoms with E-state index in [0.29, 0.717) is 45.4 Å². The predicted molar refractivity (Wildman–Crippen MR) is 140 cm³/mol. The molecular formula is C27H26FN3O4S. The minimum Gasteiger partial charge on any atom is -0.493 e. The molecule has 1 amide bonds. The number of nitrogens with zero attached hydrogens (tertiary/aromatic N) is 3. The molecule has 1 aliphatic heterocycles. The highest BCUT2D eigenvalue weighted by molar-refractivity contribution is 8.18. The van der Waals surface area contributed by atoms with Crippen molar-refractivity contribution in [1.82, 2.24) is 4.90 Å². The number of carbonyl (C=O) groups is 1. The molecule has 0 N–H and O–H groups in total. The Kier molecular flexibility index (Phi) is 8.22. The summed E-state index contributed by atoms with van der Waals surface area (Å²) in [6.07, 6.45) is 4.84. The molecule has 0 atom stereocenters. The normalized spacial score (nSPS) is 16.1. The number of halogens is 1. The summed E-state index contributed by atoms with van der Waals surface area (Å²) in [4.78, 5) is 15.1. The molecule has 3 aromatic rings. The maximum absolute atomic E-state index is 13.3. The van der Waals surface area contributed by atoms with Gasteiger partial charge in [0.2, 0.25) is 0 Å². The van der Waals surface area contributed by atoms with Gasteiger partial charge in [-0.15, -0.1) is 5.10 Å². The van der Waals surface area contributed by atoms with Crippen LogP contribution in [0, 0.1) is 11.7 Å². The standard InChI is InChI=1S/C27H26FN3O4S/c1-18(2)17-35-23-11-8-20(13-24(23)33-3)15-29-30-27-31(16-22-5-4-12-34-22)26(32)25(36-27)14-19-6-9-21(28)10-7-19/h4-15,18H,16-17H2,1-3H3/b25-14-,29-15-,30-27+. The third-order valence-electron chi connectivity index (χ3n) is 5.06. The van der Waals surface area contributed by atoms with Crippen LogP contribution in [0.1, 0.15) is 30.7 Å². The Labute approximate surface area is 213 Å². The van der Waals surface area contributed by atoms with E-state index in [2.05, 4.69) is 24.1 Å². The van der Waals surface area contributed by atoms with Crippen molar-refractivity contribution in [2.45, 2.75) is 20.4 Å². The Morgan fingerprint density at radius 2 is 1.89 bits per heavy atom. The van der Waals surface area contributed by atoms with Gasteiger partial charge in [-0.05, 0) is 77.3 Å². The predicted octanol–water partition coefficient (Wildman–Crippen LogP) is 5.97. The number of amides is 1. The van der Waals surface area contributed by atoms with E-state index < -0.39 is 0 Å². The molecule has 1 aliphatic rings. The summed E-state index contributed by atoms with van der Waals surface area (Å²) in [6.45, 7) is 4.95. The summed E-state index contributed by atoms with van der Waals surface area (Å²) in [5.41, 5.74) is 1.48. The van der Waals surface area contributed by atoms with Crippen molar-refractivity contribution < 1.29 is 23.1 Å². The van der Waals surface area contributed by atoms with Gasteiger partial charge in [0.15, 0.2) is 16.7 Å². The van der Waals surface area contributed by atoms with Gasteiger partial charge < -0.3 is 13.9 Å². The lowest BCUT2D eigenvalue weighted by atomic mass is 10.2. The number of hydrogen-bond donors (Lipinski definition) is 0. The Bertz CT molecular complexity index is 1280. The van der Waals surface area contributed by atoms with E-state index in [1.807, 2.05) is 18.2 Å². The van der Waals surface area contributed by atoms with Gasteiger partial charge in [0.05, 0.1) is 37.6 Å². The summed E-state index contributed by atoms with van der Waals surface area (Å²) in [6, 6.07) is 15.0. The molecule has 0 unspecified atom stereocenters. The van der Waals surface area contributed by atoms with Crippen LogP contribution in [-0.4, -0.2) is 35.9 Å². The molecule has 2 aromatic carbocycles. The van der Waals surface area contributed by atoms with Gasteiger partial charge in [-0.1, -0.05) is 26.0 Å². The van der Waals surface area contributed by atoms with E-state index in [-0.39, 0.29) is 18.3 Å². The molecule has 4 rings (SSSR count). The molecule has 0 bridgehead atoms. The monoisotopic (exact) mass is 507 g/mol. The Balaban J connectivity index is 1.56. The molecule has 0 radical (unpaired) electrons. The van der Waals surface area contributed by atoms with Crippen LogP contribution >= 0.6 is 11.8 Å². The SMILES string of the molecule is COc1cc(/C=N\N=C2\S/C(=C\c3ccc(F)cc3)C(=O)N2Cc2ccco2)ccc1OCC(C)C. The van der Waals surface area contributed by atoms with Crippen LogP contribution in [0.3, 0.4) is 0 Å². The number of furan rings is 1. The molecule has 0 saturated carbocycles. The summed E-state index contributed by atoms with van der Waals surface area (Å²) < 4.78 is 29.9. The zero-order chi connectivity index (χ0) is 25.5. The van der Waals surface area contributed by atoms with Crippen molar-refractivity contribution in [3.63, 3.8) is 0 Å². The summed E-state index contributed by atoms with van der Waals surface area (Å²) in [7, 11) is 1.58. The number of hydrogen-bond acceptors (Lipinski definition) is 7. The fourth-order valence-corrected chi connectivity index (χ4v) is 4.21. The van der Waals surface area contributed by atoms with E-state index in [9.17, 15) is 9.18 Å². The fourth-order valence-electron chi connectivity index (χ4n) is 3.28. The van der Waals surface area contributed by atoms with Crippen molar-refractivity contribution in [3.8, 4) is 11.5 Å². The number of methoxy groups -OCH3 is 1. The van der Waals surface area contributed by atoms with Crippen molar-refractivity contribution in [2.24, 2.45) is 16.1 Å². The second kappa shape index (κ2) is 11.7. The highest BCUT2D eigenvalue weighted by atomic mass is 32.2. The topological polar surface area (TPSA) is 76.6 Å². The maximum atomic E-state index is 13.3. The number of thioether (sulfide) groups is 1. The van der Waals surface area contributed by atoms with E-state index >= 15 is 0 Å². The number of benzene rings is 2. The summed E-state index contributed by atoms with van der Waals surface area (Å²) >= 11 is 1.20. The van der Waals surface area contributed by atoms with Gasteiger partial charge in [-0.25, -0.2) is 4.39 Å². The lowest BCUT2D eigenvalue weighted by Crippen LogP contribution is -2.28. The van der Waals surface area contributed by atoms with Gasteiger partial charge in [0.1, 0.15) is 11.6 Å². The molecular weight excluding hydrogens is 481 g/mol. The Morgan fingerprint density at radius 1 is 1.11 bits per heavy atom. The van der Waals surface area contributed by atoms with Gasteiger partial charge >= 0.3 is 0 Å². The molecule has 1 aromatic heterocycles. The van der Waals surface area contributed by atoms with E-state index in [1.54, 1.807) is 49.9 Å². The summed E-state index contributed by atoms with van der Waals surface area (Å²) in [5, 5.41) is 8.94. The number of rotatable bonds is 9. The first-order valence-electron chi connectivity index (χ1n) is 11.3. The minimum atomic E-state index is -0.338. The van der Waals surface area contributed by atoms with E-state index in [4.69, 9.17) is 13.9 Å². The second-order valence-corrected chi connectivity index (χ2v) is 9.38. The van der Waals surface area contributed by atoms with Crippen molar-refractivity contribution >= 4 is 35.1 Å². The van der Waals surface area contributed by atoms with E-state index in [1.165, 1.54) is 28.8 Å². The van der Waals surface area contributed by atoms with Gasteiger partial charge in [0.25, 0.3) is 5.91 Å². The zero-order valence-electron chi connectivity index (χ0n) is 20.2. The molecule has 0 aliphatic carbocycles. The average Bonchev–Trinajstić information content (AvgIpc) is 3.48. The largest absolute Gasteiger partial charge is 0.493 e. The number of carbonyl (C=O) groups excluding carboxylic acids is 1. The number of ether oxygens (including phenoxy) is 2. The molecule has 186 valence electrons. The quantitative estimate of drug-likeness (QED) is 0.203. The van der Waals surface area contributed by atoms with Crippen LogP contribution < -0.4 is 9.47 Å². The van der Waals surface area contributed by atoms with Crippen molar-refractivity contribution in [3.05, 3.63) is 88.5 Å². The fraction of sp³-hybridized carbons (Fsp3) is 0.222. The first kappa shape index (κ1) is 25.2. The second-order valence-electron chi connectivity index (χ2n) is 8.38. The van der Waals surface area contributed by atoms with Crippen LogP contribution in [0.2, 0.25) is 0 Å². The van der Waals surface area contributed by atoms with Crippen LogP contribution in [0.15, 0.2) is 80.4 Å². The van der Waals surface area contributed by atoms with Crippen LogP contribution in [-0.2, 0) is 11.3 Å². The Morgan fingerprint density at radius 3 is 2.58 bits per heavy atom. The lowest BCUT2D eigenvalue weighted by Gasteiger charge is -2.13. The third-order valence-corrected chi connectivity index (χ3v) is 6.06. The van der Waals surface area contributed by atoms with Gasteiger partial charge in [0, 0.05) is 0 Å². The molecule has 1 fully saturated rings. The smallest absolute Gasteiger partial charge is 0.267 e. The molecule has 9 heteroatoms. The van der Waals surface area contributed by atoms with Gasteiger partial charge in [-0.2, -0.15) is 5.10 Å². The zero-order valence-corrected chi connectivity index (χ0v) is 21.0. The maximum Gasteiger partial charge on any atom is 0.267 e. The highest BCUT2D eigenvalue weighted by Gasteiger charge is 2.34. The van der Waals surface area contributed by atoms with Crippen LogP contribution in [0.4, 0.5) is 4.39 Å². The van der Waals surface area contributed by atoms with Crippen LogP contribution in [0.5, 0.6) is 11.5 Å². The molecule has 2 heterocycles. The van der Waals surface area contributed by atoms with Crippen molar-refractivity contribution in [2.75, 3.05) is 13.7 Å².